The highest BCUT2D eigenvalue weighted by Crippen LogP contribution is 2.30. The van der Waals surface area contributed by atoms with E-state index in [0.29, 0.717) is 0 Å². The summed E-state index contributed by atoms with van der Waals surface area (Å²) in [6, 6.07) is 11.1. The second-order valence-corrected chi connectivity index (χ2v) is 6.16. The Morgan fingerprint density at radius 3 is 2.35 bits per heavy atom. The Kier molecular flexibility index (Phi) is 6.59. The molecule has 0 radical (unpaired) electrons. The summed E-state index contributed by atoms with van der Waals surface area (Å²) in [5, 5.41) is 0. The Balaban J connectivity index is 0.000000704. The average molecular weight is 273 g/mol. The van der Waals surface area contributed by atoms with Crippen molar-refractivity contribution in [1.29, 1.82) is 0 Å². The largest absolute Gasteiger partial charge is 0.302 e. The van der Waals surface area contributed by atoms with Crippen molar-refractivity contribution in [3.8, 4) is 0 Å². The molecule has 1 aromatic carbocycles. The van der Waals surface area contributed by atoms with E-state index in [-0.39, 0.29) is 0 Å². The van der Waals surface area contributed by atoms with Gasteiger partial charge in [-0.1, -0.05) is 63.4 Å². The van der Waals surface area contributed by atoms with E-state index in [2.05, 4.69) is 35.2 Å². The van der Waals surface area contributed by atoms with E-state index in [4.69, 9.17) is 0 Å². The molecule has 0 bridgehead atoms. The van der Waals surface area contributed by atoms with Crippen molar-refractivity contribution in [3.05, 3.63) is 35.9 Å². The second-order valence-electron chi connectivity index (χ2n) is 6.16. The summed E-state index contributed by atoms with van der Waals surface area (Å²) in [4.78, 5) is 2.72. The van der Waals surface area contributed by atoms with Gasteiger partial charge in [-0.25, -0.2) is 0 Å². The highest BCUT2D eigenvalue weighted by Gasteiger charge is 2.26. The fourth-order valence-electron chi connectivity index (χ4n) is 3.73. The lowest BCUT2D eigenvalue weighted by Gasteiger charge is -2.26. The van der Waals surface area contributed by atoms with Crippen LogP contribution >= 0.6 is 0 Å². The summed E-state index contributed by atoms with van der Waals surface area (Å²) in [6.07, 6.45) is 8.74. The van der Waals surface area contributed by atoms with Gasteiger partial charge in [0, 0.05) is 13.1 Å². The van der Waals surface area contributed by atoms with Crippen molar-refractivity contribution < 1.29 is 0 Å². The average Bonchev–Trinajstić information content (AvgIpc) is 3.00. The molecule has 3 rings (SSSR count). The predicted molar refractivity (Wildman–Crippen MR) is 88.2 cm³/mol. The van der Waals surface area contributed by atoms with Gasteiger partial charge in [0.1, 0.15) is 0 Å². The maximum Gasteiger partial charge on any atom is 0.00509 e. The molecule has 0 amide bonds. The molecule has 1 aliphatic carbocycles. The van der Waals surface area contributed by atoms with Gasteiger partial charge in [0.25, 0.3) is 0 Å². The summed E-state index contributed by atoms with van der Waals surface area (Å²) < 4.78 is 0. The second kappa shape index (κ2) is 8.46. The summed E-state index contributed by atoms with van der Waals surface area (Å²) >= 11 is 0. The predicted octanol–water partition coefficient (Wildman–Crippen LogP) is 5.08. The zero-order valence-electron chi connectivity index (χ0n) is 13.4. The zero-order valence-corrected chi connectivity index (χ0v) is 13.4. The maximum absolute atomic E-state index is 2.72. The summed E-state index contributed by atoms with van der Waals surface area (Å²) in [7, 11) is 0. The highest BCUT2D eigenvalue weighted by molar-refractivity contribution is 5.20. The van der Waals surface area contributed by atoms with Gasteiger partial charge < -0.3 is 4.90 Å². The monoisotopic (exact) mass is 273 g/mol. The van der Waals surface area contributed by atoms with Gasteiger partial charge in [-0.2, -0.15) is 0 Å². The SMILES string of the molecule is CC.c1ccc(C2CCN(CC3CCCCC3)C2)cc1. The third-order valence-electron chi connectivity index (χ3n) is 4.78. The molecule has 1 saturated heterocycles. The zero-order chi connectivity index (χ0) is 14.2. The van der Waals surface area contributed by atoms with Gasteiger partial charge in [0.05, 0.1) is 0 Å². The van der Waals surface area contributed by atoms with Crippen molar-refractivity contribution in [2.75, 3.05) is 19.6 Å². The van der Waals surface area contributed by atoms with Crippen LogP contribution in [0, 0.1) is 5.92 Å². The van der Waals surface area contributed by atoms with Crippen LogP contribution in [-0.2, 0) is 0 Å². The van der Waals surface area contributed by atoms with Gasteiger partial charge in [-0.05, 0) is 43.2 Å². The van der Waals surface area contributed by atoms with Crippen LogP contribution in [0.15, 0.2) is 30.3 Å². The third-order valence-corrected chi connectivity index (χ3v) is 4.78. The summed E-state index contributed by atoms with van der Waals surface area (Å²) in [5.74, 6) is 1.78. The van der Waals surface area contributed by atoms with E-state index in [9.17, 15) is 0 Å². The maximum atomic E-state index is 2.72. The highest BCUT2D eigenvalue weighted by atomic mass is 15.1. The molecule has 1 nitrogen and oxygen atoms in total. The Bertz CT molecular complexity index is 353. The lowest BCUT2D eigenvalue weighted by molar-refractivity contribution is 0.232. The van der Waals surface area contributed by atoms with E-state index in [1.165, 1.54) is 58.2 Å². The quantitative estimate of drug-likeness (QED) is 0.742. The summed E-state index contributed by atoms with van der Waals surface area (Å²) in [5.41, 5.74) is 1.55. The van der Waals surface area contributed by atoms with Crippen molar-refractivity contribution in [1.82, 2.24) is 4.90 Å². The molecular formula is C19H31N. The lowest BCUT2D eigenvalue weighted by Crippen LogP contribution is -2.28. The first-order chi connectivity index (χ1) is 9.92. The number of benzene rings is 1. The standard InChI is InChI=1S/C17H25N.C2H6/c1-3-7-15(8-4-1)13-18-12-11-17(14-18)16-9-5-2-6-10-16;1-2/h2,5-6,9-10,15,17H,1,3-4,7-8,11-14H2;1-2H3. The van der Waals surface area contributed by atoms with E-state index in [0.717, 1.165) is 11.8 Å². The molecule has 1 saturated carbocycles. The van der Waals surface area contributed by atoms with Gasteiger partial charge in [0.15, 0.2) is 0 Å². The number of likely N-dealkylation sites (tertiary alicyclic amines) is 1. The minimum atomic E-state index is 0.787. The van der Waals surface area contributed by atoms with Crippen LogP contribution in [0.2, 0.25) is 0 Å². The van der Waals surface area contributed by atoms with Crippen molar-refractivity contribution >= 4 is 0 Å². The summed E-state index contributed by atoms with van der Waals surface area (Å²) in [6.45, 7) is 7.97. The molecule has 1 unspecified atom stereocenters. The van der Waals surface area contributed by atoms with Crippen LogP contribution in [0.25, 0.3) is 0 Å². The lowest BCUT2D eigenvalue weighted by atomic mass is 9.89. The van der Waals surface area contributed by atoms with Crippen LogP contribution in [0.4, 0.5) is 0 Å². The molecule has 1 heterocycles. The normalized spacial score (nSPS) is 24.2. The van der Waals surface area contributed by atoms with E-state index in [1.54, 1.807) is 5.56 Å². The third kappa shape index (κ3) is 4.34. The first-order valence-electron chi connectivity index (χ1n) is 8.69. The fourth-order valence-corrected chi connectivity index (χ4v) is 3.73. The van der Waals surface area contributed by atoms with Crippen LogP contribution in [0.3, 0.4) is 0 Å². The number of hydrogen-bond donors (Lipinski definition) is 0. The van der Waals surface area contributed by atoms with Gasteiger partial charge in [-0.3, -0.25) is 0 Å². The van der Waals surface area contributed by atoms with Gasteiger partial charge >= 0.3 is 0 Å². The molecule has 1 atom stereocenters. The number of hydrogen-bond acceptors (Lipinski definition) is 1. The fraction of sp³-hybridized carbons (Fsp3) is 0.684. The Labute approximate surface area is 125 Å². The Morgan fingerprint density at radius 1 is 0.950 bits per heavy atom. The Morgan fingerprint density at radius 2 is 1.65 bits per heavy atom. The molecule has 2 aliphatic rings. The smallest absolute Gasteiger partial charge is 0.00509 e. The first-order valence-corrected chi connectivity index (χ1v) is 8.69. The van der Waals surface area contributed by atoms with Crippen LogP contribution < -0.4 is 0 Å². The molecule has 1 aliphatic heterocycles. The molecule has 0 aromatic heterocycles. The molecule has 0 spiro atoms. The van der Waals surface area contributed by atoms with Gasteiger partial charge in [0.2, 0.25) is 0 Å². The molecular weight excluding hydrogens is 242 g/mol. The first kappa shape index (κ1) is 15.6. The van der Waals surface area contributed by atoms with Crippen molar-refractivity contribution in [3.63, 3.8) is 0 Å². The van der Waals surface area contributed by atoms with E-state index < -0.39 is 0 Å². The minimum Gasteiger partial charge on any atom is -0.302 e. The van der Waals surface area contributed by atoms with Crippen LogP contribution in [-0.4, -0.2) is 24.5 Å². The molecule has 1 aromatic rings. The minimum absolute atomic E-state index is 0.787. The number of rotatable bonds is 3. The molecule has 112 valence electrons. The van der Waals surface area contributed by atoms with E-state index >= 15 is 0 Å². The van der Waals surface area contributed by atoms with Gasteiger partial charge in [-0.15, -0.1) is 0 Å². The Hall–Kier alpha value is -0.820. The molecule has 2 fully saturated rings. The van der Waals surface area contributed by atoms with E-state index in [1.807, 2.05) is 13.8 Å². The molecule has 20 heavy (non-hydrogen) atoms. The topological polar surface area (TPSA) is 3.24 Å². The van der Waals surface area contributed by atoms with Crippen molar-refractivity contribution in [2.45, 2.75) is 58.3 Å². The van der Waals surface area contributed by atoms with Crippen LogP contribution in [0.1, 0.15) is 63.9 Å². The number of nitrogens with zero attached hydrogens (tertiary/aromatic N) is 1. The van der Waals surface area contributed by atoms with Crippen molar-refractivity contribution in [2.24, 2.45) is 5.92 Å². The molecule has 0 N–H and O–H groups in total. The van der Waals surface area contributed by atoms with Crippen LogP contribution in [0.5, 0.6) is 0 Å². The molecule has 1 heteroatoms.